The van der Waals surface area contributed by atoms with E-state index in [0.717, 1.165) is 11.3 Å². The number of nitrogens with zero attached hydrogens (tertiary/aromatic N) is 4. The minimum Gasteiger partial charge on any atom is -0.503 e. The van der Waals surface area contributed by atoms with Gasteiger partial charge in [0, 0.05) is 18.3 Å². The van der Waals surface area contributed by atoms with Crippen LogP contribution in [0.4, 0.5) is 10.8 Å². The molecule has 3 heterocycles. The van der Waals surface area contributed by atoms with Crippen LogP contribution in [0, 0.1) is 10.1 Å². The number of aliphatic hydroxyl groups excluding tert-OH is 1. The first-order valence-electron chi connectivity index (χ1n) is 10.3. The molecule has 1 atom stereocenters. The lowest BCUT2D eigenvalue weighted by atomic mass is 9.94. The Kier molecular flexibility index (Phi) is 5.46. The standard InChI is InChI=1S/C24H16N4O6S/c1-34-15-8-9-16-18(12-15)35-24(26-16)27-20(13-5-4-6-14(11-13)28(32)33)19(22(30)23(27)31)21(29)17-7-2-3-10-25-17/h2-12,20,30H,1H3. The second kappa shape index (κ2) is 8.61. The first-order chi connectivity index (χ1) is 16.9. The number of carbonyl (C=O) groups is 2. The largest absolute Gasteiger partial charge is 0.503 e. The van der Waals surface area contributed by atoms with Gasteiger partial charge in [-0.2, -0.15) is 0 Å². The van der Waals surface area contributed by atoms with Gasteiger partial charge in [0.1, 0.15) is 11.4 Å². The van der Waals surface area contributed by atoms with Gasteiger partial charge in [0.05, 0.1) is 33.9 Å². The molecule has 174 valence electrons. The summed E-state index contributed by atoms with van der Waals surface area (Å²) in [5.74, 6) is -1.67. The first-order valence-corrected chi connectivity index (χ1v) is 11.1. The molecule has 35 heavy (non-hydrogen) atoms. The summed E-state index contributed by atoms with van der Waals surface area (Å²) in [6.07, 6.45) is 1.42. The molecule has 2 aromatic carbocycles. The van der Waals surface area contributed by atoms with Gasteiger partial charge in [-0.1, -0.05) is 29.5 Å². The third-order valence-corrected chi connectivity index (χ3v) is 6.55. The molecule has 1 unspecified atom stereocenters. The average molecular weight is 488 g/mol. The van der Waals surface area contributed by atoms with Crippen LogP contribution in [0.25, 0.3) is 10.2 Å². The Hall–Kier alpha value is -4.64. The Morgan fingerprint density at radius 1 is 1.17 bits per heavy atom. The van der Waals surface area contributed by atoms with Crippen LogP contribution < -0.4 is 9.64 Å². The number of ketones is 1. The van der Waals surface area contributed by atoms with Gasteiger partial charge in [0.15, 0.2) is 10.9 Å². The number of fused-ring (bicyclic) bond motifs is 1. The van der Waals surface area contributed by atoms with Gasteiger partial charge in [0.2, 0.25) is 5.78 Å². The van der Waals surface area contributed by atoms with E-state index in [4.69, 9.17) is 4.74 Å². The molecule has 0 radical (unpaired) electrons. The maximum Gasteiger partial charge on any atom is 0.296 e. The van der Waals surface area contributed by atoms with E-state index in [-0.39, 0.29) is 27.6 Å². The van der Waals surface area contributed by atoms with Gasteiger partial charge in [-0.05, 0) is 35.9 Å². The monoisotopic (exact) mass is 488 g/mol. The number of aromatic nitrogens is 2. The van der Waals surface area contributed by atoms with Crippen molar-refractivity contribution in [1.82, 2.24) is 9.97 Å². The highest BCUT2D eigenvalue weighted by atomic mass is 32.1. The van der Waals surface area contributed by atoms with Crippen LogP contribution in [0.2, 0.25) is 0 Å². The number of pyridine rings is 1. The first kappa shape index (κ1) is 22.2. The number of anilines is 1. The van der Waals surface area contributed by atoms with Gasteiger partial charge in [-0.15, -0.1) is 0 Å². The van der Waals surface area contributed by atoms with Crippen LogP contribution in [0.5, 0.6) is 5.75 Å². The fourth-order valence-corrected chi connectivity index (χ4v) is 4.94. The summed E-state index contributed by atoms with van der Waals surface area (Å²) in [4.78, 5) is 47.3. The van der Waals surface area contributed by atoms with Gasteiger partial charge >= 0.3 is 0 Å². The summed E-state index contributed by atoms with van der Waals surface area (Å²) in [5, 5.41) is 22.5. The van der Waals surface area contributed by atoms with Crippen molar-refractivity contribution >= 4 is 44.1 Å². The number of benzene rings is 2. The van der Waals surface area contributed by atoms with Crippen molar-refractivity contribution in [3.8, 4) is 5.75 Å². The number of amides is 1. The number of aliphatic hydroxyl groups is 1. The van der Waals surface area contributed by atoms with E-state index in [1.54, 1.807) is 36.4 Å². The number of nitro groups is 1. The number of Topliss-reactive ketones (excluding diaryl/α,β-unsaturated/α-hetero) is 1. The summed E-state index contributed by atoms with van der Waals surface area (Å²) in [6.45, 7) is 0. The molecule has 1 aliphatic heterocycles. The van der Waals surface area contributed by atoms with Crippen molar-refractivity contribution < 1.29 is 24.4 Å². The molecular formula is C24H16N4O6S. The molecule has 4 aromatic rings. The second-order valence-corrected chi connectivity index (χ2v) is 8.58. The Morgan fingerprint density at radius 2 is 2.00 bits per heavy atom. The third-order valence-electron chi connectivity index (χ3n) is 5.54. The molecule has 2 aromatic heterocycles. The number of thiazole rings is 1. The molecule has 1 aliphatic rings. The van der Waals surface area contributed by atoms with Crippen molar-refractivity contribution in [1.29, 1.82) is 0 Å². The molecule has 0 saturated carbocycles. The highest BCUT2D eigenvalue weighted by Gasteiger charge is 2.46. The van der Waals surface area contributed by atoms with E-state index in [2.05, 4.69) is 9.97 Å². The average Bonchev–Trinajstić information content (AvgIpc) is 3.41. The van der Waals surface area contributed by atoms with Gasteiger partial charge in [0.25, 0.3) is 11.6 Å². The fourth-order valence-electron chi connectivity index (χ4n) is 3.92. The highest BCUT2D eigenvalue weighted by molar-refractivity contribution is 7.22. The summed E-state index contributed by atoms with van der Waals surface area (Å²) < 4.78 is 5.97. The smallest absolute Gasteiger partial charge is 0.296 e. The molecular weight excluding hydrogens is 472 g/mol. The molecule has 1 amide bonds. The Balaban J connectivity index is 1.69. The van der Waals surface area contributed by atoms with Crippen LogP contribution >= 0.6 is 11.3 Å². The van der Waals surface area contributed by atoms with Crippen molar-refractivity contribution in [2.45, 2.75) is 6.04 Å². The Bertz CT molecular complexity index is 1530. The van der Waals surface area contributed by atoms with Crippen LogP contribution in [-0.4, -0.2) is 38.8 Å². The van der Waals surface area contributed by atoms with Crippen LogP contribution in [0.15, 0.2) is 78.2 Å². The predicted molar refractivity (Wildman–Crippen MR) is 128 cm³/mol. The summed E-state index contributed by atoms with van der Waals surface area (Å²) >= 11 is 1.16. The zero-order valence-corrected chi connectivity index (χ0v) is 18.9. The lowest BCUT2D eigenvalue weighted by molar-refractivity contribution is -0.384. The summed E-state index contributed by atoms with van der Waals surface area (Å²) in [7, 11) is 1.53. The van der Waals surface area contributed by atoms with E-state index in [1.165, 1.54) is 42.5 Å². The molecule has 5 rings (SSSR count). The minimum atomic E-state index is -1.15. The lowest BCUT2D eigenvalue weighted by Crippen LogP contribution is -2.31. The quantitative estimate of drug-likeness (QED) is 0.240. The van der Waals surface area contributed by atoms with Crippen LogP contribution in [0.3, 0.4) is 0 Å². The molecule has 1 N–H and O–H groups in total. The van der Waals surface area contributed by atoms with Gasteiger partial charge in [-0.25, -0.2) is 4.98 Å². The van der Waals surface area contributed by atoms with Crippen LogP contribution in [-0.2, 0) is 4.79 Å². The number of nitro benzene ring substituents is 1. The number of hydrogen-bond donors (Lipinski definition) is 1. The van der Waals surface area contributed by atoms with E-state index >= 15 is 0 Å². The molecule has 0 spiro atoms. The minimum absolute atomic E-state index is 0.0215. The molecule has 0 saturated heterocycles. The lowest BCUT2D eigenvalue weighted by Gasteiger charge is -2.24. The topological polar surface area (TPSA) is 136 Å². The number of carbonyl (C=O) groups excluding carboxylic acids is 2. The fraction of sp³-hybridized carbons (Fsp3) is 0.0833. The molecule has 0 fully saturated rings. The van der Waals surface area contributed by atoms with Crippen molar-refractivity contribution in [2.24, 2.45) is 0 Å². The number of hydrogen-bond acceptors (Lipinski definition) is 9. The van der Waals surface area contributed by atoms with Crippen molar-refractivity contribution in [2.75, 3.05) is 12.0 Å². The number of ether oxygens (including phenoxy) is 1. The maximum atomic E-state index is 13.4. The Labute approximate surface area is 201 Å². The Morgan fingerprint density at radius 3 is 2.71 bits per heavy atom. The highest BCUT2D eigenvalue weighted by Crippen LogP contribution is 2.44. The molecule has 0 aliphatic carbocycles. The second-order valence-electron chi connectivity index (χ2n) is 7.57. The predicted octanol–water partition coefficient (Wildman–Crippen LogP) is 4.39. The molecule has 10 nitrogen and oxygen atoms in total. The van der Waals surface area contributed by atoms with Crippen molar-refractivity contribution in [3.63, 3.8) is 0 Å². The van der Waals surface area contributed by atoms with E-state index < -0.39 is 28.4 Å². The summed E-state index contributed by atoms with van der Waals surface area (Å²) in [6, 6.07) is 14.3. The maximum absolute atomic E-state index is 13.4. The van der Waals surface area contributed by atoms with Crippen LogP contribution in [0.1, 0.15) is 22.1 Å². The number of rotatable bonds is 6. The van der Waals surface area contributed by atoms with E-state index in [1.807, 2.05) is 0 Å². The number of non-ortho nitro benzene ring substituents is 1. The SMILES string of the molecule is COc1ccc2nc(N3C(=O)C(O)=C(C(=O)c4ccccn4)C3c3cccc([N+](=O)[O-])c3)sc2c1. The van der Waals surface area contributed by atoms with E-state index in [9.17, 15) is 24.8 Å². The third kappa shape index (κ3) is 3.77. The summed E-state index contributed by atoms with van der Waals surface area (Å²) in [5.41, 5.74) is 0.423. The molecule has 0 bridgehead atoms. The zero-order chi connectivity index (χ0) is 24.7. The zero-order valence-electron chi connectivity index (χ0n) is 18.1. The molecule has 11 heteroatoms. The van der Waals surface area contributed by atoms with E-state index in [0.29, 0.717) is 16.0 Å². The van der Waals surface area contributed by atoms with Gasteiger partial charge < -0.3 is 9.84 Å². The normalized spacial score (nSPS) is 15.6. The van der Waals surface area contributed by atoms with Crippen molar-refractivity contribution in [3.05, 3.63) is 99.6 Å². The van der Waals surface area contributed by atoms with Gasteiger partial charge in [-0.3, -0.25) is 29.6 Å². The number of methoxy groups -OCH3 is 1.